The van der Waals surface area contributed by atoms with Crippen LogP contribution in [0, 0.1) is 11.8 Å². The van der Waals surface area contributed by atoms with E-state index in [1.165, 1.54) is 13.2 Å². The Kier molecular flexibility index (Phi) is 6.91. The van der Waals surface area contributed by atoms with Crippen LogP contribution in [0.4, 0.5) is 0 Å². The second kappa shape index (κ2) is 9.46. The highest BCUT2D eigenvalue weighted by molar-refractivity contribution is 6.12. The van der Waals surface area contributed by atoms with Gasteiger partial charge in [-0.05, 0) is 50.8 Å². The fourth-order valence-electron chi connectivity index (χ4n) is 4.47. The first-order valence-corrected chi connectivity index (χ1v) is 10.7. The Morgan fingerprint density at radius 2 is 1.94 bits per heavy atom. The number of methoxy groups -OCH3 is 1. The number of hydrogen-bond donors (Lipinski definition) is 2. The van der Waals surface area contributed by atoms with Crippen molar-refractivity contribution in [1.29, 1.82) is 0 Å². The Morgan fingerprint density at radius 3 is 2.56 bits per heavy atom. The van der Waals surface area contributed by atoms with Crippen LogP contribution in [0.2, 0.25) is 0 Å². The summed E-state index contributed by atoms with van der Waals surface area (Å²) in [4.78, 5) is 39.0. The predicted molar refractivity (Wildman–Crippen MR) is 116 cm³/mol. The summed E-state index contributed by atoms with van der Waals surface area (Å²) in [6, 6.07) is 4.72. The Morgan fingerprint density at radius 1 is 1.22 bits per heavy atom. The summed E-state index contributed by atoms with van der Waals surface area (Å²) < 4.78 is 15.7. The van der Waals surface area contributed by atoms with Crippen molar-refractivity contribution in [2.75, 3.05) is 20.3 Å². The number of ether oxygens (including phenoxy) is 3. The molecule has 3 rings (SSSR count). The number of nitrogens with one attached hydrogen (secondary N) is 1. The zero-order chi connectivity index (χ0) is 23.6. The van der Waals surface area contributed by atoms with Crippen LogP contribution in [0.1, 0.15) is 45.6 Å². The van der Waals surface area contributed by atoms with E-state index in [9.17, 15) is 19.5 Å². The van der Waals surface area contributed by atoms with Crippen LogP contribution >= 0.6 is 0 Å². The van der Waals surface area contributed by atoms with Crippen molar-refractivity contribution < 1.29 is 33.7 Å². The first-order chi connectivity index (χ1) is 15.2. The summed E-state index contributed by atoms with van der Waals surface area (Å²) in [5, 5.41) is 13.4. The Labute approximate surface area is 187 Å². The van der Waals surface area contributed by atoms with E-state index in [2.05, 4.69) is 5.32 Å². The lowest BCUT2D eigenvalue weighted by molar-refractivity contribution is -0.151. The third-order valence-corrected chi connectivity index (χ3v) is 5.86. The van der Waals surface area contributed by atoms with Crippen molar-refractivity contribution >= 4 is 17.7 Å². The minimum atomic E-state index is -0.964. The maximum Gasteiger partial charge on any atom is 0.336 e. The summed E-state index contributed by atoms with van der Waals surface area (Å²) in [6.45, 7) is 7.58. The monoisotopic (exact) mass is 443 g/mol. The molecule has 2 aliphatic rings. The highest BCUT2D eigenvalue weighted by Gasteiger charge is 2.47. The van der Waals surface area contributed by atoms with Gasteiger partial charge in [0.2, 0.25) is 0 Å². The highest BCUT2D eigenvalue weighted by atomic mass is 16.5. The molecule has 1 aliphatic heterocycles. The van der Waals surface area contributed by atoms with Crippen molar-refractivity contribution in [2.45, 2.75) is 40.0 Å². The molecule has 0 radical (unpaired) electrons. The molecule has 0 spiro atoms. The van der Waals surface area contributed by atoms with Gasteiger partial charge in [0, 0.05) is 22.9 Å². The van der Waals surface area contributed by atoms with E-state index in [-0.39, 0.29) is 35.4 Å². The van der Waals surface area contributed by atoms with Gasteiger partial charge in [-0.3, -0.25) is 9.59 Å². The fourth-order valence-corrected chi connectivity index (χ4v) is 4.47. The first-order valence-electron chi connectivity index (χ1n) is 10.7. The van der Waals surface area contributed by atoms with E-state index in [4.69, 9.17) is 14.2 Å². The van der Waals surface area contributed by atoms with E-state index in [0.29, 0.717) is 35.6 Å². The summed E-state index contributed by atoms with van der Waals surface area (Å²) in [5.41, 5.74) is 2.44. The third kappa shape index (κ3) is 4.09. The first kappa shape index (κ1) is 23.4. The molecule has 3 atom stereocenters. The van der Waals surface area contributed by atoms with Crippen LogP contribution in [0.25, 0.3) is 0 Å². The minimum absolute atomic E-state index is 0.0480. The SMILES string of the molecule is CCOC(=O)C1=C(C)NC2=C(C(=O)[C@@H](C(=O)OC)[C@@H](C)C2)[C@@H]1c1ccc(O)c(OCC)c1. The quantitative estimate of drug-likeness (QED) is 0.510. The van der Waals surface area contributed by atoms with Crippen LogP contribution in [0.3, 0.4) is 0 Å². The van der Waals surface area contributed by atoms with Crippen molar-refractivity contribution in [2.24, 2.45) is 11.8 Å². The highest BCUT2D eigenvalue weighted by Crippen LogP contribution is 2.46. The van der Waals surface area contributed by atoms with Crippen LogP contribution in [0.15, 0.2) is 40.7 Å². The summed E-state index contributed by atoms with van der Waals surface area (Å²) in [7, 11) is 1.26. The van der Waals surface area contributed by atoms with Crippen LogP contribution in [0.5, 0.6) is 11.5 Å². The van der Waals surface area contributed by atoms with Gasteiger partial charge in [0.05, 0.1) is 25.9 Å². The Balaban J connectivity index is 2.22. The van der Waals surface area contributed by atoms with Gasteiger partial charge >= 0.3 is 11.9 Å². The van der Waals surface area contributed by atoms with Gasteiger partial charge in [0.1, 0.15) is 5.92 Å². The molecule has 0 fully saturated rings. The number of dihydropyridines is 1. The zero-order valence-electron chi connectivity index (χ0n) is 19.0. The van der Waals surface area contributed by atoms with Crippen LogP contribution in [-0.4, -0.2) is 43.2 Å². The number of phenols is 1. The number of carbonyl (C=O) groups is 3. The van der Waals surface area contributed by atoms with Gasteiger partial charge in [-0.15, -0.1) is 0 Å². The molecule has 8 heteroatoms. The smallest absolute Gasteiger partial charge is 0.336 e. The molecule has 0 amide bonds. The molecule has 1 aromatic rings. The van der Waals surface area contributed by atoms with E-state index >= 15 is 0 Å². The van der Waals surface area contributed by atoms with Gasteiger partial charge in [-0.25, -0.2) is 4.79 Å². The number of rotatable bonds is 6. The number of Topliss-reactive ketones (excluding diaryl/α,β-unsaturated/α-hetero) is 1. The summed E-state index contributed by atoms with van der Waals surface area (Å²) in [5.74, 6) is -3.36. The van der Waals surface area contributed by atoms with Crippen LogP contribution < -0.4 is 10.1 Å². The van der Waals surface area contributed by atoms with E-state index in [1.54, 1.807) is 32.9 Å². The molecule has 1 aliphatic carbocycles. The lowest BCUT2D eigenvalue weighted by Gasteiger charge is -2.38. The van der Waals surface area contributed by atoms with E-state index in [0.717, 1.165) is 0 Å². The molecule has 8 nitrogen and oxygen atoms in total. The Hall–Kier alpha value is -3.29. The molecular formula is C24H29NO7. The van der Waals surface area contributed by atoms with Crippen LogP contribution in [-0.2, 0) is 23.9 Å². The fraction of sp³-hybridized carbons (Fsp3) is 0.458. The number of carbonyl (C=O) groups excluding carboxylic acids is 3. The van der Waals surface area contributed by atoms with Crippen molar-refractivity contribution in [3.63, 3.8) is 0 Å². The molecule has 0 aromatic heterocycles. The standard InChI is InChI=1S/C24H29NO7/c1-6-31-17-11-14(8-9-16(17)26)20-19(24(29)32-7-2)13(4)25-15-10-12(3)18(23(28)30-5)22(27)21(15)20/h8-9,11-12,18,20,25-26H,6-7,10H2,1-5H3/t12-,18-,20+/m0/s1. The molecule has 1 aromatic carbocycles. The maximum absolute atomic E-state index is 13.6. The predicted octanol–water partition coefficient (Wildman–Crippen LogP) is 2.97. The molecule has 32 heavy (non-hydrogen) atoms. The summed E-state index contributed by atoms with van der Waals surface area (Å²) >= 11 is 0. The van der Waals surface area contributed by atoms with Crippen molar-refractivity contribution in [3.8, 4) is 11.5 Å². The van der Waals surface area contributed by atoms with E-state index < -0.39 is 23.8 Å². The average Bonchev–Trinajstić information content (AvgIpc) is 2.74. The second-order valence-electron chi connectivity index (χ2n) is 7.92. The Bertz CT molecular complexity index is 1010. The number of esters is 2. The van der Waals surface area contributed by atoms with Gasteiger partial charge in [-0.1, -0.05) is 13.0 Å². The third-order valence-electron chi connectivity index (χ3n) is 5.86. The normalized spacial score (nSPS) is 22.8. The largest absolute Gasteiger partial charge is 0.504 e. The topological polar surface area (TPSA) is 111 Å². The lowest BCUT2D eigenvalue weighted by atomic mass is 9.69. The number of benzene rings is 1. The molecule has 2 N–H and O–H groups in total. The molecule has 1 heterocycles. The summed E-state index contributed by atoms with van der Waals surface area (Å²) in [6.07, 6.45) is 0.446. The molecule has 0 saturated heterocycles. The minimum Gasteiger partial charge on any atom is -0.504 e. The van der Waals surface area contributed by atoms with Gasteiger partial charge in [0.25, 0.3) is 0 Å². The zero-order valence-corrected chi connectivity index (χ0v) is 19.0. The van der Waals surface area contributed by atoms with Gasteiger partial charge in [0.15, 0.2) is 17.3 Å². The van der Waals surface area contributed by atoms with Gasteiger partial charge in [-0.2, -0.15) is 0 Å². The van der Waals surface area contributed by atoms with Crippen molar-refractivity contribution in [3.05, 3.63) is 46.3 Å². The van der Waals surface area contributed by atoms with Crippen molar-refractivity contribution in [1.82, 2.24) is 5.32 Å². The second-order valence-corrected chi connectivity index (χ2v) is 7.92. The molecular weight excluding hydrogens is 414 g/mol. The average molecular weight is 443 g/mol. The van der Waals surface area contributed by atoms with E-state index in [1.807, 2.05) is 6.92 Å². The number of allylic oxidation sites excluding steroid dienone is 3. The molecule has 0 bridgehead atoms. The molecule has 0 saturated carbocycles. The number of aromatic hydroxyl groups is 1. The number of ketones is 1. The number of hydrogen-bond acceptors (Lipinski definition) is 8. The number of phenolic OH excluding ortho intramolecular Hbond substituents is 1. The molecule has 0 unspecified atom stereocenters. The lowest BCUT2D eigenvalue weighted by Crippen LogP contribution is -2.43. The van der Waals surface area contributed by atoms with Gasteiger partial charge < -0.3 is 24.6 Å². The maximum atomic E-state index is 13.6. The molecule has 172 valence electrons.